The van der Waals surface area contributed by atoms with Crippen LogP contribution in [0.25, 0.3) is 0 Å². The van der Waals surface area contributed by atoms with Crippen LogP contribution in [0.2, 0.25) is 5.02 Å². The Kier molecular flexibility index (Phi) is 3.96. The summed E-state index contributed by atoms with van der Waals surface area (Å²) in [6.45, 7) is 1.94. The number of hydrogen-bond donors (Lipinski definition) is 1. The summed E-state index contributed by atoms with van der Waals surface area (Å²) in [6, 6.07) is 11.9. The highest BCUT2D eigenvalue weighted by Crippen LogP contribution is 2.42. The molecule has 0 radical (unpaired) electrons. The van der Waals surface area contributed by atoms with E-state index in [0.29, 0.717) is 22.0 Å². The Morgan fingerprint density at radius 1 is 1.15 bits per heavy atom. The van der Waals surface area contributed by atoms with Gasteiger partial charge in [0.15, 0.2) is 0 Å². The lowest BCUT2D eigenvalue weighted by atomic mass is 9.84. The zero-order valence-electron chi connectivity index (χ0n) is 14.0. The number of hydrogen-bond acceptors (Lipinski definition) is 4. The van der Waals surface area contributed by atoms with Crippen LogP contribution in [0.5, 0.6) is 5.75 Å². The van der Waals surface area contributed by atoms with Crippen LogP contribution < -0.4 is 4.90 Å². The minimum Gasteiger partial charge on any atom is -0.508 e. The molecule has 26 heavy (non-hydrogen) atoms. The second kappa shape index (κ2) is 6.18. The number of nitrogens with zero attached hydrogens (tertiary/aromatic N) is 1. The Balaban J connectivity index is 1.82. The number of rotatable bonds is 2. The third kappa shape index (κ3) is 2.65. The summed E-state index contributed by atoms with van der Waals surface area (Å²) in [5.41, 5.74) is 3.38. The van der Waals surface area contributed by atoms with E-state index in [1.165, 1.54) is 4.90 Å². The quantitative estimate of drug-likeness (QED) is 0.820. The molecule has 2 heterocycles. The van der Waals surface area contributed by atoms with Crippen LogP contribution >= 0.6 is 11.6 Å². The fourth-order valence-corrected chi connectivity index (χ4v) is 3.64. The van der Waals surface area contributed by atoms with Gasteiger partial charge in [-0.05, 0) is 42.3 Å². The van der Waals surface area contributed by atoms with Gasteiger partial charge in [0.05, 0.1) is 17.0 Å². The van der Waals surface area contributed by atoms with Crippen molar-refractivity contribution in [3.8, 4) is 5.75 Å². The van der Waals surface area contributed by atoms with Crippen molar-refractivity contribution in [1.82, 2.24) is 0 Å². The number of aryl methyl sites for hydroxylation is 1. The zero-order chi connectivity index (χ0) is 18.4. The molecule has 2 aliphatic heterocycles. The van der Waals surface area contributed by atoms with Gasteiger partial charge < -0.3 is 9.84 Å². The van der Waals surface area contributed by atoms with E-state index >= 15 is 0 Å². The first-order valence-corrected chi connectivity index (χ1v) is 8.61. The number of carbonyl (C=O) groups is 2. The highest BCUT2D eigenvalue weighted by atomic mass is 35.5. The maximum absolute atomic E-state index is 12.9. The maximum atomic E-state index is 12.9. The molecular weight excluding hydrogens is 354 g/mol. The van der Waals surface area contributed by atoms with Gasteiger partial charge in [-0.3, -0.25) is 9.69 Å². The average Bonchev–Trinajstić information content (AvgIpc) is 2.99. The highest BCUT2D eigenvalue weighted by molar-refractivity contribution is 6.31. The molecule has 0 saturated heterocycles. The molecule has 0 spiro atoms. The lowest BCUT2D eigenvalue weighted by molar-refractivity contribution is -0.136. The molecule has 1 atom stereocenters. The summed E-state index contributed by atoms with van der Waals surface area (Å²) < 4.78 is 5.24. The van der Waals surface area contributed by atoms with Crippen molar-refractivity contribution in [3.63, 3.8) is 0 Å². The van der Waals surface area contributed by atoms with Gasteiger partial charge >= 0.3 is 5.97 Å². The second-order valence-corrected chi connectivity index (χ2v) is 6.85. The Bertz CT molecular complexity index is 949. The van der Waals surface area contributed by atoms with Crippen LogP contribution in [0, 0.1) is 6.92 Å². The fraction of sp³-hybridized carbons (Fsp3) is 0.200. The van der Waals surface area contributed by atoms with Crippen molar-refractivity contribution in [2.75, 3.05) is 11.5 Å². The summed E-state index contributed by atoms with van der Waals surface area (Å²) >= 11 is 6.22. The van der Waals surface area contributed by atoms with Crippen molar-refractivity contribution >= 4 is 29.2 Å². The topological polar surface area (TPSA) is 66.8 Å². The molecule has 5 nitrogen and oxygen atoms in total. The second-order valence-electron chi connectivity index (χ2n) is 6.45. The molecule has 0 bridgehead atoms. The van der Waals surface area contributed by atoms with Crippen molar-refractivity contribution in [1.29, 1.82) is 0 Å². The van der Waals surface area contributed by atoms with Gasteiger partial charge in [-0.1, -0.05) is 29.8 Å². The van der Waals surface area contributed by atoms with E-state index in [1.54, 1.807) is 30.3 Å². The lowest BCUT2D eigenvalue weighted by Gasteiger charge is -2.32. The van der Waals surface area contributed by atoms with Crippen LogP contribution in [-0.2, 0) is 14.3 Å². The molecule has 0 fully saturated rings. The van der Waals surface area contributed by atoms with Gasteiger partial charge in [-0.15, -0.1) is 0 Å². The van der Waals surface area contributed by atoms with Crippen LogP contribution in [0.3, 0.4) is 0 Å². The molecule has 2 aromatic rings. The number of phenolic OH excluding ortho intramolecular Hbond substituents is 1. The molecule has 1 unspecified atom stereocenters. The van der Waals surface area contributed by atoms with Crippen LogP contribution in [0.15, 0.2) is 53.7 Å². The summed E-state index contributed by atoms with van der Waals surface area (Å²) in [7, 11) is 0. The first-order chi connectivity index (χ1) is 12.5. The SMILES string of the molecule is Cc1ccc(N2C(=O)CC(c3ccc(O)cc3)C3=C2COC3=O)cc1Cl. The van der Waals surface area contributed by atoms with Crippen LogP contribution in [-0.4, -0.2) is 23.6 Å². The third-order valence-electron chi connectivity index (χ3n) is 4.83. The first-order valence-electron chi connectivity index (χ1n) is 8.24. The Labute approximate surface area is 155 Å². The molecule has 132 valence electrons. The van der Waals surface area contributed by atoms with E-state index in [4.69, 9.17) is 16.3 Å². The predicted molar refractivity (Wildman–Crippen MR) is 97.1 cm³/mol. The normalized spacial score (nSPS) is 19.6. The Morgan fingerprint density at radius 3 is 2.58 bits per heavy atom. The molecule has 2 aromatic carbocycles. The van der Waals surface area contributed by atoms with E-state index < -0.39 is 5.97 Å². The van der Waals surface area contributed by atoms with Crippen molar-refractivity contribution in [2.45, 2.75) is 19.3 Å². The molecule has 6 heteroatoms. The molecule has 2 aliphatic rings. The van der Waals surface area contributed by atoms with E-state index in [-0.39, 0.29) is 30.6 Å². The van der Waals surface area contributed by atoms with E-state index in [1.807, 2.05) is 19.1 Å². The maximum Gasteiger partial charge on any atom is 0.336 e. The number of anilines is 1. The molecule has 0 aliphatic carbocycles. The molecular formula is C20H16ClNO4. The van der Waals surface area contributed by atoms with Gasteiger partial charge in [-0.25, -0.2) is 4.79 Å². The monoisotopic (exact) mass is 369 g/mol. The van der Waals surface area contributed by atoms with Gasteiger partial charge in [-0.2, -0.15) is 0 Å². The largest absolute Gasteiger partial charge is 0.508 e. The number of cyclic esters (lactones) is 1. The fourth-order valence-electron chi connectivity index (χ4n) is 3.47. The molecule has 0 saturated carbocycles. The van der Waals surface area contributed by atoms with Crippen molar-refractivity contribution in [2.24, 2.45) is 0 Å². The highest BCUT2D eigenvalue weighted by Gasteiger charge is 2.42. The van der Waals surface area contributed by atoms with Crippen LogP contribution in [0.1, 0.15) is 23.5 Å². The summed E-state index contributed by atoms with van der Waals surface area (Å²) in [5, 5.41) is 10.1. The van der Waals surface area contributed by atoms with E-state index in [2.05, 4.69) is 0 Å². The molecule has 1 amide bonds. The van der Waals surface area contributed by atoms with Crippen LogP contribution in [0.4, 0.5) is 5.69 Å². The Hall–Kier alpha value is -2.79. The standard InChI is InChI=1S/C20H16ClNO4/c1-11-2-5-13(8-16(11)21)22-17-10-26-20(25)19(17)15(9-18(22)24)12-3-6-14(23)7-4-12/h2-8,15,23H,9-10H2,1H3. The number of benzene rings is 2. The zero-order valence-corrected chi connectivity index (χ0v) is 14.8. The average molecular weight is 370 g/mol. The predicted octanol–water partition coefficient (Wildman–Crippen LogP) is 3.69. The number of phenols is 1. The first kappa shape index (κ1) is 16.7. The smallest absolute Gasteiger partial charge is 0.336 e. The molecule has 0 aromatic heterocycles. The number of esters is 1. The van der Waals surface area contributed by atoms with Gasteiger partial charge in [0, 0.05) is 17.4 Å². The number of carbonyl (C=O) groups excluding carboxylic acids is 2. The molecule has 4 rings (SSSR count). The van der Waals surface area contributed by atoms with Gasteiger partial charge in [0.1, 0.15) is 12.4 Å². The number of ether oxygens (including phenoxy) is 1. The third-order valence-corrected chi connectivity index (χ3v) is 5.23. The van der Waals surface area contributed by atoms with Gasteiger partial charge in [0.25, 0.3) is 0 Å². The summed E-state index contributed by atoms with van der Waals surface area (Å²) in [4.78, 5) is 26.8. The minimum absolute atomic E-state index is 0.0555. The summed E-state index contributed by atoms with van der Waals surface area (Å²) in [5.74, 6) is -0.783. The van der Waals surface area contributed by atoms with E-state index in [0.717, 1.165) is 11.1 Å². The van der Waals surface area contributed by atoms with Gasteiger partial charge in [0.2, 0.25) is 5.91 Å². The molecule has 1 N–H and O–H groups in total. The van der Waals surface area contributed by atoms with Crippen molar-refractivity contribution in [3.05, 3.63) is 69.9 Å². The van der Waals surface area contributed by atoms with Crippen molar-refractivity contribution < 1.29 is 19.4 Å². The Morgan fingerprint density at radius 2 is 1.88 bits per heavy atom. The minimum atomic E-state index is -0.409. The number of aromatic hydroxyl groups is 1. The number of amides is 1. The lowest BCUT2D eigenvalue weighted by Crippen LogP contribution is -2.37. The van der Waals surface area contributed by atoms with E-state index in [9.17, 15) is 14.7 Å². The summed E-state index contributed by atoms with van der Waals surface area (Å²) in [6.07, 6.45) is 0.143. The number of halogens is 1.